The lowest BCUT2D eigenvalue weighted by atomic mass is 10.2. The summed E-state index contributed by atoms with van der Waals surface area (Å²) in [5.41, 5.74) is 0. The Hall–Kier alpha value is -2.32. The van der Waals surface area contributed by atoms with E-state index in [0.29, 0.717) is 23.1 Å². The molecule has 0 aliphatic carbocycles. The fourth-order valence-corrected chi connectivity index (χ4v) is 3.78. The summed E-state index contributed by atoms with van der Waals surface area (Å²) in [6.45, 7) is 0.873. The fourth-order valence-electron chi connectivity index (χ4n) is 2.34. The van der Waals surface area contributed by atoms with Crippen LogP contribution in [0.5, 0.6) is 0 Å². The van der Waals surface area contributed by atoms with Crippen LogP contribution < -0.4 is 5.32 Å². The number of carbonyl (C=O) groups excluding carboxylic acids is 3. The minimum Gasteiger partial charge on any atom is -0.462 e. The van der Waals surface area contributed by atoms with Gasteiger partial charge < -0.3 is 19.7 Å². The Bertz CT molecular complexity index is 822. The Kier molecular flexibility index (Phi) is 5.40. The summed E-state index contributed by atoms with van der Waals surface area (Å²) >= 11 is 7.49. The maximum Gasteiger partial charge on any atom is 0.410 e. The van der Waals surface area contributed by atoms with Gasteiger partial charge >= 0.3 is 12.1 Å². The van der Waals surface area contributed by atoms with Gasteiger partial charge in [0.15, 0.2) is 0 Å². The Morgan fingerprint density at radius 3 is 2.88 bits per heavy atom. The zero-order chi connectivity index (χ0) is 17.8. The molecule has 9 heteroatoms. The largest absolute Gasteiger partial charge is 0.462 e. The van der Waals surface area contributed by atoms with Gasteiger partial charge in [-0.3, -0.25) is 9.59 Å². The van der Waals surface area contributed by atoms with Crippen molar-refractivity contribution in [2.45, 2.75) is 0 Å². The van der Waals surface area contributed by atoms with Crippen molar-refractivity contribution in [2.24, 2.45) is 0 Å². The van der Waals surface area contributed by atoms with E-state index in [4.69, 9.17) is 21.1 Å². The van der Waals surface area contributed by atoms with Crippen LogP contribution in [-0.4, -0.2) is 55.7 Å². The molecule has 1 aliphatic heterocycles. The van der Waals surface area contributed by atoms with Gasteiger partial charge in [-0.2, -0.15) is 0 Å². The molecule has 7 nitrogen and oxygen atoms in total. The van der Waals surface area contributed by atoms with Crippen molar-refractivity contribution in [3.63, 3.8) is 0 Å². The number of fused-ring (bicyclic) bond motifs is 1. The molecular weight excluding hydrogens is 368 g/mol. The van der Waals surface area contributed by atoms with Crippen LogP contribution in [0, 0.1) is 0 Å². The SMILES string of the molecule is O=C(CNC(=O)c1sc2ccccc2c1Cl)OCCN1CCOC1=O. The Labute approximate surface area is 152 Å². The van der Waals surface area contributed by atoms with E-state index in [1.54, 1.807) is 0 Å². The number of cyclic esters (lactones) is 1. The van der Waals surface area contributed by atoms with Gasteiger partial charge in [-0.25, -0.2) is 4.79 Å². The second kappa shape index (κ2) is 7.71. The predicted octanol–water partition coefficient (Wildman–Crippen LogP) is 2.28. The van der Waals surface area contributed by atoms with Crippen molar-refractivity contribution in [1.29, 1.82) is 0 Å². The van der Waals surface area contributed by atoms with Crippen molar-refractivity contribution in [3.05, 3.63) is 34.2 Å². The Morgan fingerprint density at radius 1 is 1.36 bits per heavy atom. The average Bonchev–Trinajstić information content (AvgIpc) is 3.17. The van der Waals surface area contributed by atoms with Gasteiger partial charge in [0, 0.05) is 10.1 Å². The first-order valence-corrected chi connectivity index (χ1v) is 8.78. The zero-order valence-corrected chi connectivity index (χ0v) is 14.7. The second-order valence-corrected chi connectivity index (χ2v) is 6.68. The van der Waals surface area contributed by atoms with Crippen LogP contribution >= 0.6 is 22.9 Å². The number of benzene rings is 1. The van der Waals surface area contributed by atoms with E-state index in [2.05, 4.69) is 5.32 Å². The maximum absolute atomic E-state index is 12.2. The summed E-state index contributed by atoms with van der Waals surface area (Å²) in [5, 5.41) is 3.67. The molecule has 2 aromatic rings. The second-order valence-electron chi connectivity index (χ2n) is 5.25. The Morgan fingerprint density at radius 2 is 2.16 bits per heavy atom. The summed E-state index contributed by atoms with van der Waals surface area (Å²) in [6, 6.07) is 7.42. The highest BCUT2D eigenvalue weighted by Gasteiger charge is 2.22. The van der Waals surface area contributed by atoms with E-state index in [-0.39, 0.29) is 19.7 Å². The van der Waals surface area contributed by atoms with E-state index < -0.39 is 18.0 Å². The van der Waals surface area contributed by atoms with Crippen molar-refractivity contribution < 1.29 is 23.9 Å². The minimum absolute atomic E-state index is 0.0491. The molecule has 1 saturated heterocycles. The van der Waals surface area contributed by atoms with Gasteiger partial charge in [-0.1, -0.05) is 29.8 Å². The summed E-state index contributed by atoms with van der Waals surface area (Å²) in [7, 11) is 0. The van der Waals surface area contributed by atoms with Gasteiger partial charge in [0.05, 0.1) is 18.1 Å². The van der Waals surface area contributed by atoms with Gasteiger partial charge in [-0.15, -0.1) is 11.3 Å². The molecule has 1 aliphatic rings. The summed E-state index contributed by atoms with van der Waals surface area (Å²) < 4.78 is 10.7. The van der Waals surface area contributed by atoms with Gasteiger partial charge in [-0.05, 0) is 6.07 Å². The highest BCUT2D eigenvalue weighted by Crippen LogP contribution is 2.34. The van der Waals surface area contributed by atoms with Crippen molar-refractivity contribution >= 4 is 51.0 Å². The van der Waals surface area contributed by atoms with Gasteiger partial charge in [0.1, 0.15) is 24.6 Å². The number of amides is 2. The van der Waals surface area contributed by atoms with E-state index >= 15 is 0 Å². The standard InChI is InChI=1S/C16H15ClN2O5S/c17-13-10-3-1-2-4-11(10)25-14(13)15(21)18-9-12(20)23-7-5-19-6-8-24-16(19)22/h1-4H,5-9H2,(H,18,21). The number of nitrogens with one attached hydrogen (secondary N) is 1. The Balaban J connectivity index is 1.47. The molecule has 25 heavy (non-hydrogen) atoms. The number of ether oxygens (including phenoxy) is 2. The van der Waals surface area contributed by atoms with Crippen LogP contribution in [0.3, 0.4) is 0 Å². The molecule has 0 saturated carbocycles. The molecular formula is C16H15ClN2O5S. The molecule has 3 rings (SSSR count). The number of carbonyl (C=O) groups is 3. The molecule has 1 fully saturated rings. The number of thiophene rings is 1. The van der Waals surface area contributed by atoms with Crippen LogP contribution in [0.25, 0.3) is 10.1 Å². The number of halogens is 1. The van der Waals surface area contributed by atoms with E-state index in [1.165, 1.54) is 16.2 Å². The molecule has 0 atom stereocenters. The first-order valence-electron chi connectivity index (χ1n) is 7.59. The number of rotatable bonds is 6. The fraction of sp³-hybridized carbons (Fsp3) is 0.312. The number of hydrogen-bond acceptors (Lipinski definition) is 6. The van der Waals surface area contributed by atoms with Crippen LogP contribution in [0.1, 0.15) is 9.67 Å². The van der Waals surface area contributed by atoms with Crippen LogP contribution in [0.2, 0.25) is 5.02 Å². The third-order valence-corrected chi connectivity index (χ3v) is 5.28. The predicted molar refractivity (Wildman–Crippen MR) is 93.0 cm³/mol. The van der Waals surface area contributed by atoms with Gasteiger partial charge in [0.2, 0.25) is 0 Å². The topological polar surface area (TPSA) is 84.9 Å². The quantitative estimate of drug-likeness (QED) is 0.775. The monoisotopic (exact) mass is 382 g/mol. The smallest absolute Gasteiger partial charge is 0.410 e. The zero-order valence-electron chi connectivity index (χ0n) is 13.1. The van der Waals surface area contributed by atoms with E-state index in [1.807, 2.05) is 24.3 Å². The third-order valence-electron chi connectivity index (χ3n) is 3.60. The average molecular weight is 383 g/mol. The van der Waals surface area contributed by atoms with Crippen molar-refractivity contribution in [3.8, 4) is 0 Å². The highest BCUT2D eigenvalue weighted by molar-refractivity contribution is 7.21. The molecule has 1 N–H and O–H groups in total. The minimum atomic E-state index is -0.585. The number of hydrogen-bond donors (Lipinski definition) is 1. The molecule has 1 aromatic carbocycles. The van der Waals surface area contributed by atoms with Gasteiger partial charge in [0.25, 0.3) is 5.91 Å². The molecule has 0 spiro atoms. The normalized spacial score (nSPS) is 13.8. The number of nitrogens with zero attached hydrogens (tertiary/aromatic N) is 1. The van der Waals surface area contributed by atoms with E-state index in [0.717, 1.165) is 10.1 Å². The highest BCUT2D eigenvalue weighted by atomic mass is 35.5. The first kappa shape index (κ1) is 17.5. The lowest BCUT2D eigenvalue weighted by Gasteiger charge is -2.12. The lowest BCUT2D eigenvalue weighted by molar-refractivity contribution is -0.142. The lowest BCUT2D eigenvalue weighted by Crippen LogP contribution is -2.33. The maximum atomic E-state index is 12.2. The van der Waals surface area contributed by atoms with Crippen LogP contribution in [-0.2, 0) is 14.3 Å². The van der Waals surface area contributed by atoms with Crippen molar-refractivity contribution in [2.75, 3.05) is 32.8 Å². The van der Waals surface area contributed by atoms with Crippen LogP contribution in [0.4, 0.5) is 4.79 Å². The van der Waals surface area contributed by atoms with Crippen molar-refractivity contribution in [1.82, 2.24) is 10.2 Å². The molecule has 2 heterocycles. The van der Waals surface area contributed by atoms with Crippen LogP contribution in [0.15, 0.2) is 24.3 Å². The molecule has 1 aromatic heterocycles. The first-order chi connectivity index (χ1) is 12.1. The summed E-state index contributed by atoms with van der Waals surface area (Å²) in [5.74, 6) is -1.01. The molecule has 0 bridgehead atoms. The number of esters is 1. The van der Waals surface area contributed by atoms with E-state index in [9.17, 15) is 14.4 Å². The summed E-state index contributed by atoms with van der Waals surface area (Å²) in [6.07, 6.45) is -0.413. The summed E-state index contributed by atoms with van der Waals surface area (Å²) in [4.78, 5) is 36.9. The molecule has 0 radical (unpaired) electrons. The molecule has 132 valence electrons. The molecule has 2 amide bonds. The molecule has 0 unspecified atom stereocenters. The third kappa shape index (κ3) is 4.02.